The van der Waals surface area contributed by atoms with Crippen LogP contribution >= 0.6 is 23.2 Å². The van der Waals surface area contributed by atoms with Gasteiger partial charge in [0.05, 0.1) is 45.0 Å². The zero-order valence-corrected chi connectivity index (χ0v) is 34.5. The molecule has 6 aromatic carbocycles. The molecule has 62 heavy (non-hydrogen) atoms. The number of halogens is 2. The minimum atomic E-state index is -1.23. The van der Waals surface area contributed by atoms with E-state index in [4.69, 9.17) is 37.9 Å². The molecule has 2 aliphatic rings. The van der Waals surface area contributed by atoms with Gasteiger partial charge in [-0.15, -0.1) is 0 Å². The number of hydrogen-bond donors (Lipinski definition) is 3. The average molecular weight is 863 g/mol. The van der Waals surface area contributed by atoms with Gasteiger partial charge in [-0.1, -0.05) is 96.0 Å². The lowest BCUT2D eigenvalue weighted by Crippen LogP contribution is -2.54. The summed E-state index contributed by atoms with van der Waals surface area (Å²) in [6.45, 7) is 0.794. The number of amides is 2. The van der Waals surface area contributed by atoms with Gasteiger partial charge < -0.3 is 25.2 Å². The van der Waals surface area contributed by atoms with Crippen molar-refractivity contribution >= 4 is 46.7 Å². The van der Waals surface area contributed by atoms with E-state index in [0.717, 1.165) is 33.4 Å². The molecule has 3 atom stereocenters. The smallest absolute Gasteiger partial charge is 0.326 e. The molecule has 0 bridgehead atoms. The predicted octanol–water partition coefficient (Wildman–Crippen LogP) is 8.79. The Balaban J connectivity index is 0.995. The fraction of sp³-hybridized carbons (Fsp3) is 0.163. The Morgan fingerprint density at radius 3 is 2.26 bits per heavy atom. The number of aliphatic carboxylic acids is 1. The molecule has 0 spiro atoms. The van der Waals surface area contributed by atoms with E-state index in [-0.39, 0.29) is 38.4 Å². The molecule has 0 saturated carbocycles. The predicted molar refractivity (Wildman–Crippen MR) is 233 cm³/mol. The first-order valence-electron chi connectivity index (χ1n) is 19.7. The second-order valence-electron chi connectivity index (χ2n) is 15.1. The van der Waals surface area contributed by atoms with E-state index in [1.54, 1.807) is 60.7 Å². The summed E-state index contributed by atoms with van der Waals surface area (Å²) in [5.41, 5.74) is 7.86. The van der Waals surface area contributed by atoms with Gasteiger partial charge in [-0.05, 0) is 100.0 Å². The zero-order valence-electron chi connectivity index (χ0n) is 33.0. The Hall–Kier alpha value is -7.15. The van der Waals surface area contributed by atoms with Crippen molar-refractivity contribution in [3.8, 4) is 34.8 Å². The summed E-state index contributed by atoms with van der Waals surface area (Å²) in [4.78, 5) is 42.2. The van der Waals surface area contributed by atoms with Crippen LogP contribution in [-0.2, 0) is 46.9 Å². The van der Waals surface area contributed by atoms with Crippen molar-refractivity contribution in [2.45, 2.75) is 50.7 Å². The Morgan fingerprint density at radius 1 is 0.855 bits per heavy atom. The molecule has 6 aromatic rings. The molecule has 2 unspecified atom stereocenters. The quantitative estimate of drug-likeness (QED) is 0.109. The first kappa shape index (κ1) is 41.6. The minimum Gasteiger partial charge on any atom is -0.489 e. The second kappa shape index (κ2) is 18.2. The topological polar surface area (TPSA) is 165 Å². The van der Waals surface area contributed by atoms with Gasteiger partial charge in [0.25, 0.3) is 5.91 Å². The van der Waals surface area contributed by atoms with Gasteiger partial charge in [0, 0.05) is 25.1 Å². The van der Waals surface area contributed by atoms with E-state index in [9.17, 15) is 24.8 Å². The maximum atomic E-state index is 14.2. The van der Waals surface area contributed by atoms with Crippen molar-refractivity contribution < 1.29 is 29.0 Å². The standard InChI is InChI=1S/C49H37Cl2N5O6/c50-40-18-9-31(19-41(40)51)28-61-39-16-14-34(15-17-39)46-48(58)54-42-21-37-22-44(56(27-38(37)23-45(42)62-46)26-36-4-2-1-3-35(36)25-53)47(57)55-43(49(59)60)20-29-5-10-32(11-6-29)33-12-7-30(24-52)8-13-33/h1-19,21,23,43-44,46H,20,22,26-28H2,(H,54,58)(H,55,57)(H,59,60)/t43-,44?,46?/m0/s1. The van der Waals surface area contributed by atoms with Gasteiger partial charge in [0.1, 0.15) is 24.1 Å². The number of fused-ring (bicyclic) bond motifs is 2. The summed E-state index contributed by atoms with van der Waals surface area (Å²) in [5.74, 6) is -0.970. The number of carboxylic acid groups (broad SMARTS) is 1. The number of hydrogen-bond acceptors (Lipinski definition) is 8. The Bertz CT molecular complexity index is 2770. The normalized spacial score (nSPS) is 16.0. The maximum Gasteiger partial charge on any atom is 0.326 e. The van der Waals surface area contributed by atoms with E-state index in [2.05, 4.69) is 22.8 Å². The van der Waals surface area contributed by atoms with E-state index >= 15 is 0 Å². The van der Waals surface area contributed by atoms with Crippen LogP contribution in [0.1, 0.15) is 50.6 Å². The molecule has 11 nitrogen and oxygen atoms in total. The number of ether oxygens (including phenoxy) is 2. The lowest BCUT2D eigenvalue weighted by Gasteiger charge is -2.38. The fourth-order valence-corrected chi connectivity index (χ4v) is 8.00. The number of carboxylic acids is 1. The van der Waals surface area contributed by atoms with Crippen LogP contribution in [0.4, 0.5) is 5.69 Å². The van der Waals surface area contributed by atoms with E-state index < -0.39 is 30.1 Å². The molecular formula is C49H37Cl2N5O6. The third kappa shape index (κ3) is 9.26. The third-order valence-corrected chi connectivity index (χ3v) is 11.8. The molecule has 0 saturated heterocycles. The Morgan fingerprint density at radius 2 is 1.56 bits per heavy atom. The summed E-state index contributed by atoms with van der Waals surface area (Å²) in [7, 11) is 0. The zero-order chi connectivity index (χ0) is 43.3. The van der Waals surface area contributed by atoms with Crippen molar-refractivity contribution in [1.29, 1.82) is 10.5 Å². The van der Waals surface area contributed by atoms with Crippen molar-refractivity contribution in [3.63, 3.8) is 0 Å². The molecule has 2 aliphatic heterocycles. The third-order valence-electron chi connectivity index (χ3n) is 11.0. The largest absolute Gasteiger partial charge is 0.489 e. The van der Waals surface area contributed by atoms with Gasteiger partial charge in [0.15, 0.2) is 0 Å². The number of rotatable bonds is 12. The number of nitrogens with one attached hydrogen (secondary N) is 2. The molecule has 0 radical (unpaired) electrons. The van der Waals surface area contributed by atoms with E-state index in [1.807, 2.05) is 71.6 Å². The van der Waals surface area contributed by atoms with Crippen LogP contribution in [0, 0.1) is 22.7 Å². The van der Waals surface area contributed by atoms with Gasteiger partial charge in [-0.3, -0.25) is 14.5 Å². The molecular weight excluding hydrogens is 825 g/mol. The maximum absolute atomic E-state index is 14.2. The van der Waals surface area contributed by atoms with Crippen molar-refractivity contribution in [2.24, 2.45) is 0 Å². The summed E-state index contributed by atoms with van der Waals surface area (Å²) in [6, 6.07) is 40.1. The first-order chi connectivity index (χ1) is 30.0. The van der Waals surface area contributed by atoms with Gasteiger partial charge in [-0.25, -0.2) is 4.79 Å². The number of anilines is 1. The molecule has 0 fully saturated rings. The molecule has 0 aliphatic carbocycles. The minimum absolute atomic E-state index is 0.0435. The lowest BCUT2D eigenvalue weighted by molar-refractivity contribution is -0.142. The summed E-state index contributed by atoms with van der Waals surface area (Å²) >= 11 is 12.2. The second-order valence-corrected chi connectivity index (χ2v) is 15.9. The molecule has 0 aromatic heterocycles. The molecule has 3 N–H and O–H groups in total. The number of nitrogens with zero attached hydrogens (tertiary/aromatic N) is 3. The van der Waals surface area contributed by atoms with E-state index in [1.165, 1.54) is 0 Å². The van der Waals surface area contributed by atoms with Crippen LogP contribution in [0.3, 0.4) is 0 Å². The highest BCUT2D eigenvalue weighted by atomic mass is 35.5. The van der Waals surface area contributed by atoms with Gasteiger partial charge >= 0.3 is 5.97 Å². The van der Waals surface area contributed by atoms with Crippen molar-refractivity contribution in [2.75, 3.05) is 5.32 Å². The number of benzene rings is 6. The van der Waals surface area contributed by atoms with Crippen LogP contribution in [0.5, 0.6) is 11.5 Å². The highest BCUT2D eigenvalue weighted by Crippen LogP contribution is 2.40. The van der Waals surface area contributed by atoms with Crippen molar-refractivity contribution in [3.05, 3.63) is 182 Å². The highest BCUT2D eigenvalue weighted by molar-refractivity contribution is 6.42. The molecule has 2 amide bonds. The van der Waals surface area contributed by atoms with E-state index in [0.29, 0.717) is 49.5 Å². The van der Waals surface area contributed by atoms with Crippen LogP contribution in [-0.4, -0.2) is 39.9 Å². The Kier molecular flexibility index (Phi) is 12.2. The molecule has 13 heteroatoms. The number of carbonyl (C=O) groups excluding carboxylic acids is 2. The molecule has 8 rings (SSSR count). The first-order valence-corrected chi connectivity index (χ1v) is 20.5. The molecule has 308 valence electrons. The fourth-order valence-electron chi connectivity index (χ4n) is 7.68. The lowest BCUT2D eigenvalue weighted by atomic mass is 9.91. The van der Waals surface area contributed by atoms with Crippen LogP contribution < -0.4 is 20.1 Å². The Labute approximate surface area is 367 Å². The van der Waals surface area contributed by atoms with Crippen LogP contribution in [0.2, 0.25) is 10.0 Å². The SMILES string of the molecule is N#Cc1ccc(-c2ccc(C[C@H](NC(=O)C3Cc4cc5c(cc4CN3Cc3ccccc3C#N)OC(c3ccc(OCc4ccc(Cl)c(Cl)c4)cc3)C(=O)N5)C(=O)O)cc2)cc1. The number of nitriles is 2. The average Bonchev–Trinajstić information content (AvgIpc) is 3.28. The molecule has 2 heterocycles. The van der Waals surface area contributed by atoms with Gasteiger partial charge in [0.2, 0.25) is 12.0 Å². The van der Waals surface area contributed by atoms with Crippen LogP contribution in [0.15, 0.2) is 127 Å². The van der Waals surface area contributed by atoms with Crippen molar-refractivity contribution in [1.82, 2.24) is 10.2 Å². The summed E-state index contributed by atoms with van der Waals surface area (Å²) in [6.07, 6.45) is -0.690. The summed E-state index contributed by atoms with van der Waals surface area (Å²) < 4.78 is 12.3. The highest BCUT2D eigenvalue weighted by Gasteiger charge is 2.37. The van der Waals surface area contributed by atoms with Crippen LogP contribution in [0.25, 0.3) is 11.1 Å². The van der Waals surface area contributed by atoms with Gasteiger partial charge in [-0.2, -0.15) is 10.5 Å². The number of carbonyl (C=O) groups is 3. The summed E-state index contributed by atoms with van der Waals surface area (Å²) in [5, 5.41) is 36.0. The monoisotopic (exact) mass is 861 g/mol.